The molecule has 0 atom stereocenters. The molecule has 0 saturated carbocycles. The summed E-state index contributed by atoms with van der Waals surface area (Å²) in [5.74, 6) is -0.153. The molecular weight excluding hydrogens is 374 g/mol. The first-order chi connectivity index (χ1) is 9.00. The summed E-state index contributed by atoms with van der Waals surface area (Å²) in [5.41, 5.74) is 1.67. The Morgan fingerprint density at radius 1 is 1.11 bits per heavy atom. The largest absolute Gasteiger partial charge is 0.508 e. The van der Waals surface area contributed by atoms with Gasteiger partial charge in [0.05, 0.1) is 5.69 Å². The van der Waals surface area contributed by atoms with E-state index in [1.807, 2.05) is 18.2 Å². The quantitative estimate of drug-likeness (QED) is 0.801. The number of rotatable bonds is 2. The van der Waals surface area contributed by atoms with Crippen LogP contribution in [0.3, 0.4) is 0 Å². The summed E-state index contributed by atoms with van der Waals surface area (Å²) in [5, 5.41) is 12.4. The molecule has 98 valence electrons. The molecule has 0 aliphatic heterocycles. The smallest absolute Gasteiger partial charge is 0.256 e. The van der Waals surface area contributed by atoms with Gasteiger partial charge in [-0.3, -0.25) is 4.79 Å². The van der Waals surface area contributed by atoms with E-state index in [1.165, 1.54) is 0 Å². The number of benzene rings is 2. The number of halogens is 2. The summed E-state index contributed by atoms with van der Waals surface area (Å²) < 4.78 is 1.57. The first kappa shape index (κ1) is 14.1. The van der Waals surface area contributed by atoms with Crippen molar-refractivity contribution in [1.29, 1.82) is 0 Å². The summed E-state index contributed by atoms with van der Waals surface area (Å²) in [6.07, 6.45) is 0. The van der Waals surface area contributed by atoms with Gasteiger partial charge in [0, 0.05) is 20.1 Å². The maximum Gasteiger partial charge on any atom is 0.256 e. The number of phenolic OH excluding ortho intramolecular Hbond substituents is 1. The average molecular weight is 385 g/mol. The molecule has 2 rings (SSSR count). The van der Waals surface area contributed by atoms with Crippen molar-refractivity contribution in [2.45, 2.75) is 6.92 Å². The second-order valence-corrected chi connectivity index (χ2v) is 5.71. The van der Waals surface area contributed by atoms with Gasteiger partial charge in [-0.15, -0.1) is 0 Å². The predicted molar refractivity (Wildman–Crippen MR) is 82.6 cm³/mol. The second kappa shape index (κ2) is 5.75. The summed E-state index contributed by atoms with van der Waals surface area (Å²) in [6.45, 7) is 1.71. The van der Waals surface area contributed by atoms with Gasteiger partial charge >= 0.3 is 0 Å². The summed E-state index contributed by atoms with van der Waals surface area (Å²) in [4.78, 5) is 12.2. The molecule has 0 spiro atoms. The van der Waals surface area contributed by atoms with Crippen molar-refractivity contribution >= 4 is 43.5 Å². The molecule has 19 heavy (non-hydrogen) atoms. The zero-order valence-corrected chi connectivity index (χ0v) is 13.2. The van der Waals surface area contributed by atoms with Gasteiger partial charge < -0.3 is 10.4 Å². The molecule has 2 N–H and O–H groups in total. The van der Waals surface area contributed by atoms with Crippen molar-refractivity contribution in [3.8, 4) is 5.75 Å². The highest BCUT2D eigenvalue weighted by molar-refractivity contribution is 9.11. The number of carbonyl (C=O) groups is 1. The Morgan fingerprint density at radius 3 is 2.32 bits per heavy atom. The van der Waals surface area contributed by atoms with Gasteiger partial charge in [0.2, 0.25) is 0 Å². The SMILES string of the molecule is Cc1c(O)cccc1C(=O)Nc1c(Br)cccc1Br. The molecule has 0 aliphatic carbocycles. The Balaban J connectivity index is 2.34. The Kier molecular flexibility index (Phi) is 4.27. The fourth-order valence-corrected chi connectivity index (χ4v) is 2.86. The molecule has 0 aromatic heterocycles. The molecule has 0 saturated heterocycles. The van der Waals surface area contributed by atoms with Crippen LogP contribution in [0.25, 0.3) is 0 Å². The molecule has 2 aromatic rings. The van der Waals surface area contributed by atoms with E-state index in [0.29, 0.717) is 16.8 Å². The van der Waals surface area contributed by atoms with E-state index in [9.17, 15) is 9.90 Å². The summed E-state index contributed by atoms with van der Waals surface area (Å²) in [7, 11) is 0. The number of anilines is 1. The van der Waals surface area contributed by atoms with Crippen molar-refractivity contribution < 1.29 is 9.90 Å². The highest BCUT2D eigenvalue weighted by Crippen LogP contribution is 2.31. The lowest BCUT2D eigenvalue weighted by atomic mass is 10.1. The topological polar surface area (TPSA) is 49.3 Å². The van der Waals surface area contributed by atoms with E-state index >= 15 is 0 Å². The van der Waals surface area contributed by atoms with Gasteiger partial charge in [0.1, 0.15) is 5.75 Å². The normalized spacial score (nSPS) is 10.3. The lowest BCUT2D eigenvalue weighted by Gasteiger charge is -2.11. The van der Waals surface area contributed by atoms with Crippen molar-refractivity contribution in [3.63, 3.8) is 0 Å². The van der Waals surface area contributed by atoms with Crippen LogP contribution in [0.1, 0.15) is 15.9 Å². The van der Waals surface area contributed by atoms with Gasteiger partial charge in [0.15, 0.2) is 0 Å². The average Bonchev–Trinajstić information content (AvgIpc) is 2.37. The number of hydrogen-bond acceptors (Lipinski definition) is 2. The number of carbonyl (C=O) groups excluding carboxylic acids is 1. The van der Waals surface area contributed by atoms with Crippen LogP contribution in [0.5, 0.6) is 5.75 Å². The monoisotopic (exact) mass is 383 g/mol. The molecule has 2 aromatic carbocycles. The Hall–Kier alpha value is -1.33. The summed E-state index contributed by atoms with van der Waals surface area (Å²) >= 11 is 6.77. The maximum absolute atomic E-state index is 12.2. The van der Waals surface area contributed by atoms with Crippen LogP contribution in [0, 0.1) is 6.92 Å². The Bertz CT molecular complexity index is 621. The lowest BCUT2D eigenvalue weighted by Crippen LogP contribution is -2.14. The first-order valence-electron chi connectivity index (χ1n) is 5.54. The van der Waals surface area contributed by atoms with Crippen LogP contribution in [-0.2, 0) is 0 Å². The highest BCUT2D eigenvalue weighted by Gasteiger charge is 2.14. The van der Waals surface area contributed by atoms with Crippen molar-refractivity contribution in [2.24, 2.45) is 0 Å². The van der Waals surface area contributed by atoms with Gasteiger partial charge in [-0.2, -0.15) is 0 Å². The van der Waals surface area contributed by atoms with E-state index in [1.54, 1.807) is 25.1 Å². The van der Waals surface area contributed by atoms with E-state index in [-0.39, 0.29) is 11.7 Å². The second-order valence-electron chi connectivity index (χ2n) is 4.00. The zero-order chi connectivity index (χ0) is 14.0. The van der Waals surface area contributed by atoms with Crippen molar-refractivity contribution in [1.82, 2.24) is 0 Å². The van der Waals surface area contributed by atoms with E-state index in [0.717, 1.165) is 8.95 Å². The molecule has 0 bridgehead atoms. The fourth-order valence-electron chi connectivity index (χ4n) is 1.67. The molecule has 0 aliphatic rings. The highest BCUT2D eigenvalue weighted by atomic mass is 79.9. The van der Waals surface area contributed by atoms with Crippen molar-refractivity contribution in [3.05, 3.63) is 56.5 Å². The van der Waals surface area contributed by atoms with Crippen LogP contribution in [0.4, 0.5) is 5.69 Å². The third-order valence-electron chi connectivity index (χ3n) is 2.75. The molecule has 3 nitrogen and oxygen atoms in total. The molecular formula is C14H11Br2NO2. The number of para-hydroxylation sites is 1. The minimum Gasteiger partial charge on any atom is -0.508 e. The molecule has 1 amide bonds. The maximum atomic E-state index is 12.2. The molecule has 0 fully saturated rings. The van der Waals surface area contributed by atoms with Crippen LogP contribution >= 0.6 is 31.9 Å². The van der Waals surface area contributed by atoms with Gasteiger partial charge in [-0.1, -0.05) is 12.1 Å². The third kappa shape index (κ3) is 2.98. The van der Waals surface area contributed by atoms with Crippen LogP contribution in [0.2, 0.25) is 0 Å². The number of nitrogens with one attached hydrogen (secondary N) is 1. The van der Waals surface area contributed by atoms with Crippen LogP contribution in [-0.4, -0.2) is 11.0 Å². The van der Waals surface area contributed by atoms with Gasteiger partial charge in [-0.05, 0) is 63.0 Å². The summed E-state index contributed by atoms with van der Waals surface area (Å²) in [6, 6.07) is 10.4. The minimum atomic E-state index is -0.263. The predicted octanol–water partition coefficient (Wildman–Crippen LogP) is 4.48. The van der Waals surface area contributed by atoms with Gasteiger partial charge in [-0.25, -0.2) is 0 Å². The fraction of sp³-hybridized carbons (Fsp3) is 0.0714. The molecule has 0 heterocycles. The van der Waals surface area contributed by atoms with E-state index in [4.69, 9.17) is 0 Å². The molecule has 5 heteroatoms. The number of hydrogen-bond donors (Lipinski definition) is 2. The number of aromatic hydroxyl groups is 1. The first-order valence-corrected chi connectivity index (χ1v) is 7.13. The van der Waals surface area contributed by atoms with E-state index in [2.05, 4.69) is 37.2 Å². The standard InChI is InChI=1S/C14H11Br2NO2/c1-8-9(4-2-7-12(8)18)14(19)17-13-10(15)5-3-6-11(13)16/h2-7,18H,1H3,(H,17,19). The zero-order valence-electron chi connectivity index (χ0n) is 10.1. The number of amides is 1. The lowest BCUT2D eigenvalue weighted by molar-refractivity contribution is 0.102. The van der Waals surface area contributed by atoms with E-state index < -0.39 is 0 Å². The minimum absolute atomic E-state index is 0.110. The third-order valence-corrected chi connectivity index (χ3v) is 4.07. The Labute approximate surface area is 127 Å². The van der Waals surface area contributed by atoms with Crippen LogP contribution in [0.15, 0.2) is 45.3 Å². The van der Waals surface area contributed by atoms with Crippen molar-refractivity contribution in [2.75, 3.05) is 5.32 Å². The number of phenols is 1. The van der Waals surface area contributed by atoms with Gasteiger partial charge in [0.25, 0.3) is 5.91 Å². The molecule has 0 unspecified atom stereocenters. The molecule has 0 radical (unpaired) electrons. The van der Waals surface area contributed by atoms with Crippen LogP contribution < -0.4 is 5.32 Å². The Morgan fingerprint density at radius 2 is 1.68 bits per heavy atom.